The molecular weight excluding hydrogens is 341 g/mol. The Bertz CT molecular complexity index is 719. The van der Waals surface area contributed by atoms with Gasteiger partial charge >= 0.3 is 0 Å². The van der Waals surface area contributed by atoms with E-state index >= 15 is 0 Å². The summed E-state index contributed by atoms with van der Waals surface area (Å²) in [5.41, 5.74) is 11.8. The molecule has 4 N–H and O–H groups in total. The average molecular weight is 363 g/mol. The summed E-state index contributed by atoms with van der Waals surface area (Å²) in [6, 6.07) is 7.85. The van der Waals surface area contributed by atoms with Crippen molar-refractivity contribution in [3.8, 4) is 0 Å². The summed E-state index contributed by atoms with van der Waals surface area (Å²) in [7, 11) is 0. The molecule has 1 heterocycles. The van der Waals surface area contributed by atoms with Crippen molar-refractivity contribution in [2.45, 2.75) is 38.6 Å². The van der Waals surface area contributed by atoms with Gasteiger partial charge in [-0.25, -0.2) is 4.39 Å². The Morgan fingerprint density at radius 2 is 1.88 bits per heavy atom. The molecule has 1 aromatic carbocycles. The molecule has 2 amide bonds. The summed E-state index contributed by atoms with van der Waals surface area (Å²) in [6.45, 7) is 0.353. The van der Waals surface area contributed by atoms with E-state index < -0.39 is 5.82 Å². The van der Waals surface area contributed by atoms with Crippen LogP contribution in [0.1, 0.15) is 37.0 Å². The quantitative estimate of drug-likeness (QED) is 0.528. The first-order chi connectivity index (χ1) is 12.0. The van der Waals surface area contributed by atoms with Gasteiger partial charge in [0.05, 0.1) is 17.9 Å². The van der Waals surface area contributed by atoms with Gasteiger partial charge in [0.15, 0.2) is 0 Å². The Hall–Kier alpha value is -2.41. The maximum absolute atomic E-state index is 13.6. The van der Waals surface area contributed by atoms with Gasteiger partial charge in [-0.1, -0.05) is 12.5 Å². The van der Waals surface area contributed by atoms with Crippen LogP contribution >= 0.6 is 11.3 Å². The van der Waals surface area contributed by atoms with Gasteiger partial charge < -0.3 is 16.4 Å². The van der Waals surface area contributed by atoms with Gasteiger partial charge in [0.25, 0.3) is 0 Å². The number of amides is 2. The number of anilines is 2. The van der Waals surface area contributed by atoms with Crippen LogP contribution in [-0.2, 0) is 16.1 Å². The summed E-state index contributed by atoms with van der Waals surface area (Å²) in [5, 5.41) is 1.93. The third-order valence-corrected chi connectivity index (χ3v) is 4.65. The number of nitrogen functional groups attached to an aromatic ring is 1. The van der Waals surface area contributed by atoms with Gasteiger partial charge in [0.1, 0.15) is 5.82 Å². The number of halogens is 1. The Morgan fingerprint density at radius 1 is 1.12 bits per heavy atom. The lowest BCUT2D eigenvalue weighted by Crippen LogP contribution is -2.30. The van der Waals surface area contributed by atoms with E-state index in [0.29, 0.717) is 43.6 Å². The highest BCUT2D eigenvalue weighted by molar-refractivity contribution is 7.09. The van der Waals surface area contributed by atoms with Crippen LogP contribution in [0, 0.1) is 5.82 Å². The molecule has 1 aromatic heterocycles. The monoisotopic (exact) mass is 363 g/mol. The van der Waals surface area contributed by atoms with Gasteiger partial charge in [-0.2, -0.15) is 0 Å². The van der Waals surface area contributed by atoms with Crippen molar-refractivity contribution in [1.29, 1.82) is 0 Å². The summed E-state index contributed by atoms with van der Waals surface area (Å²) in [4.78, 5) is 25.9. The molecule has 7 heteroatoms. The van der Waals surface area contributed by atoms with Crippen molar-refractivity contribution in [2.75, 3.05) is 10.6 Å². The van der Waals surface area contributed by atoms with E-state index in [4.69, 9.17) is 11.5 Å². The van der Waals surface area contributed by atoms with Gasteiger partial charge in [0.2, 0.25) is 11.8 Å². The van der Waals surface area contributed by atoms with Crippen LogP contribution in [0.15, 0.2) is 35.7 Å². The van der Waals surface area contributed by atoms with Crippen molar-refractivity contribution in [1.82, 2.24) is 0 Å². The summed E-state index contributed by atoms with van der Waals surface area (Å²) in [5.74, 6) is -0.891. The minimum absolute atomic E-state index is 0.121. The third kappa shape index (κ3) is 5.86. The zero-order valence-corrected chi connectivity index (χ0v) is 14.7. The van der Waals surface area contributed by atoms with Gasteiger partial charge in [-0.05, 0) is 42.5 Å². The van der Waals surface area contributed by atoms with E-state index in [2.05, 4.69) is 0 Å². The van der Waals surface area contributed by atoms with E-state index in [-0.39, 0.29) is 11.8 Å². The molecule has 0 saturated carbocycles. The lowest BCUT2D eigenvalue weighted by Gasteiger charge is -2.24. The van der Waals surface area contributed by atoms with Crippen molar-refractivity contribution < 1.29 is 14.0 Å². The molecule has 0 radical (unpaired) electrons. The van der Waals surface area contributed by atoms with E-state index in [1.54, 1.807) is 0 Å². The second-order valence-corrected chi connectivity index (χ2v) is 6.82. The molecule has 2 rings (SSSR count). The van der Waals surface area contributed by atoms with E-state index in [1.807, 2.05) is 17.5 Å². The molecule has 0 unspecified atom stereocenters. The topological polar surface area (TPSA) is 89.4 Å². The van der Waals surface area contributed by atoms with Gasteiger partial charge in [-0.15, -0.1) is 11.3 Å². The van der Waals surface area contributed by atoms with Crippen LogP contribution in [0.5, 0.6) is 0 Å². The standard InChI is InChI=1S/C18H22FN3O2S/c19-13-8-9-15(20)16(11-13)22(12-14-5-4-10-25-14)18(24)7-3-1-2-6-17(21)23/h4-5,8-11H,1-3,6-7,12,20H2,(H2,21,23). The van der Waals surface area contributed by atoms with Gasteiger partial charge in [-0.3, -0.25) is 9.59 Å². The lowest BCUT2D eigenvalue weighted by molar-refractivity contribution is -0.119. The van der Waals surface area contributed by atoms with E-state index in [0.717, 1.165) is 11.3 Å². The number of nitrogens with two attached hydrogens (primary N) is 2. The minimum Gasteiger partial charge on any atom is -0.397 e. The summed E-state index contributed by atoms with van der Waals surface area (Å²) >= 11 is 1.53. The first kappa shape index (κ1) is 18.9. The van der Waals surface area contributed by atoms with Crippen molar-refractivity contribution >= 4 is 34.5 Å². The highest BCUT2D eigenvalue weighted by atomic mass is 32.1. The fraction of sp³-hybridized carbons (Fsp3) is 0.333. The molecule has 0 fully saturated rings. The lowest BCUT2D eigenvalue weighted by atomic mass is 10.1. The normalized spacial score (nSPS) is 10.6. The summed E-state index contributed by atoms with van der Waals surface area (Å²) < 4.78 is 13.6. The molecule has 0 aliphatic heterocycles. The molecule has 5 nitrogen and oxygen atoms in total. The predicted octanol–water partition coefficient (Wildman–Crippen LogP) is 3.44. The minimum atomic E-state index is -0.436. The average Bonchev–Trinajstić information content (AvgIpc) is 3.07. The Labute approximate surface area is 150 Å². The molecule has 0 atom stereocenters. The zero-order chi connectivity index (χ0) is 18.2. The van der Waals surface area contributed by atoms with Crippen LogP contribution in [0.25, 0.3) is 0 Å². The second-order valence-electron chi connectivity index (χ2n) is 5.79. The molecule has 2 aromatic rings. The number of rotatable bonds is 9. The number of benzene rings is 1. The van der Waals surface area contributed by atoms with Crippen molar-refractivity contribution in [2.24, 2.45) is 5.73 Å². The van der Waals surface area contributed by atoms with Crippen LogP contribution in [0.2, 0.25) is 0 Å². The molecule has 0 bridgehead atoms. The van der Waals surface area contributed by atoms with Crippen LogP contribution < -0.4 is 16.4 Å². The molecule has 134 valence electrons. The predicted molar refractivity (Wildman–Crippen MR) is 98.6 cm³/mol. The molecule has 0 aliphatic carbocycles. The van der Waals surface area contributed by atoms with Gasteiger partial charge in [0, 0.05) is 17.7 Å². The fourth-order valence-corrected chi connectivity index (χ4v) is 3.20. The number of carbonyl (C=O) groups is 2. The van der Waals surface area contributed by atoms with Crippen LogP contribution in [-0.4, -0.2) is 11.8 Å². The Kier molecular flexibility index (Phi) is 6.94. The Balaban J connectivity index is 2.07. The first-order valence-corrected chi connectivity index (χ1v) is 9.01. The fourth-order valence-electron chi connectivity index (χ4n) is 2.50. The number of hydrogen-bond donors (Lipinski definition) is 2. The summed E-state index contributed by atoms with van der Waals surface area (Å²) in [6.07, 6.45) is 2.67. The highest BCUT2D eigenvalue weighted by Crippen LogP contribution is 2.28. The smallest absolute Gasteiger partial charge is 0.227 e. The number of primary amides is 1. The maximum Gasteiger partial charge on any atom is 0.227 e. The SMILES string of the molecule is NC(=O)CCCCCC(=O)N(Cc1cccs1)c1cc(F)ccc1N. The van der Waals surface area contributed by atoms with Crippen molar-refractivity contribution in [3.63, 3.8) is 0 Å². The first-order valence-electron chi connectivity index (χ1n) is 8.13. The molecule has 0 aliphatic rings. The van der Waals surface area contributed by atoms with Crippen LogP contribution in [0.3, 0.4) is 0 Å². The van der Waals surface area contributed by atoms with Crippen LogP contribution in [0.4, 0.5) is 15.8 Å². The zero-order valence-electron chi connectivity index (χ0n) is 13.9. The maximum atomic E-state index is 13.6. The van der Waals surface area contributed by atoms with E-state index in [1.165, 1.54) is 34.4 Å². The number of carbonyl (C=O) groups excluding carboxylic acids is 2. The van der Waals surface area contributed by atoms with Crippen molar-refractivity contribution in [3.05, 3.63) is 46.4 Å². The molecule has 0 spiro atoms. The largest absolute Gasteiger partial charge is 0.397 e. The number of thiophene rings is 1. The van der Waals surface area contributed by atoms with E-state index in [9.17, 15) is 14.0 Å². The molecular formula is C18H22FN3O2S. The second kappa shape index (κ2) is 9.17. The number of unbranched alkanes of at least 4 members (excludes halogenated alkanes) is 2. The number of hydrogen-bond acceptors (Lipinski definition) is 4. The molecule has 0 saturated heterocycles. The highest BCUT2D eigenvalue weighted by Gasteiger charge is 2.19. The Morgan fingerprint density at radius 3 is 2.56 bits per heavy atom. The third-order valence-electron chi connectivity index (χ3n) is 3.79. The number of nitrogens with zero attached hydrogens (tertiary/aromatic N) is 1. The molecule has 25 heavy (non-hydrogen) atoms.